The molecule has 1 amide bonds. The molecule has 4 aromatic carbocycles. The minimum absolute atomic E-state index is 0.0889. The van der Waals surface area contributed by atoms with Gasteiger partial charge in [0.15, 0.2) is 0 Å². The Labute approximate surface area is 354 Å². The summed E-state index contributed by atoms with van der Waals surface area (Å²) in [5.41, 5.74) is 3.63. The molecular weight excluding hydrogens is 757 g/mol. The van der Waals surface area contributed by atoms with E-state index in [1.807, 2.05) is 74.5 Å². The average molecular weight is 817 g/mol. The number of rotatable bonds is 20. The largest absolute Gasteiger partial charge is 0.459 e. The van der Waals surface area contributed by atoms with Gasteiger partial charge in [-0.05, 0) is 103 Å². The molecule has 60 heavy (non-hydrogen) atoms. The molecule has 1 heterocycles. The van der Waals surface area contributed by atoms with Crippen molar-refractivity contribution in [3.8, 4) is 17.2 Å². The number of benzene rings is 4. The van der Waals surface area contributed by atoms with E-state index in [9.17, 15) is 15.0 Å². The Morgan fingerprint density at radius 1 is 0.917 bits per heavy atom. The van der Waals surface area contributed by atoms with Crippen molar-refractivity contribution in [3.05, 3.63) is 126 Å². The number of hydrogen-bond acceptors (Lipinski definition) is 9. The fourth-order valence-corrected chi connectivity index (χ4v) is 9.64. The third-order valence-corrected chi connectivity index (χ3v) is 12.2. The predicted octanol–water partition coefficient (Wildman–Crippen LogP) is 10.3. The van der Waals surface area contributed by atoms with Crippen LogP contribution < -0.4 is 9.47 Å². The number of aliphatic hydroxyl groups is 2. The summed E-state index contributed by atoms with van der Waals surface area (Å²) in [7, 11) is 0. The van der Waals surface area contributed by atoms with Gasteiger partial charge in [-0.2, -0.15) is 0 Å². The molecule has 3 aliphatic rings. The molecule has 1 saturated carbocycles. The Balaban J connectivity index is 1.39. The molecule has 2 aliphatic carbocycles. The maximum atomic E-state index is 14.5. The number of amides is 1. The van der Waals surface area contributed by atoms with Crippen LogP contribution in [-0.2, 0) is 20.9 Å². The van der Waals surface area contributed by atoms with E-state index in [0.29, 0.717) is 50.3 Å². The molecular formula is C50H60N2O8. The maximum absolute atomic E-state index is 14.5. The van der Waals surface area contributed by atoms with E-state index >= 15 is 0 Å². The number of carbonyl (C=O) groups is 1. The number of nitrogens with zero attached hydrogens (tertiary/aromatic N) is 2. The standard InChI is InChI=1S/C50H60N2O8/c1-4-26-52(49(55)56-34-35-16-8-7-9-17-35)46-33-44(51-58-6-3)42-31-38(20-12-14-27-53)41(21-13-15-28-54)47-43-32-40(59-39-23-22-36-18-10-11-19-37(36)30-39)24-25-45(43)60-50(46,48(42)47)57-29-5-2/h5,7-11,16-19,22-25,30-32,38,41,46-48,53-54H,2,4,6,12-15,20-21,26-29,33-34H2,1,3H3/t38-,41+,46-,47+,48+,50+/m0/s1. The number of hydrogen-bond donors (Lipinski definition) is 2. The normalized spacial score (nSPS) is 23.5. The van der Waals surface area contributed by atoms with Crippen molar-refractivity contribution < 1.29 is 38.8 Å². The zero-order chi connectivity index (χ0) is 41.9. The van der Waals surface area contributed by atoms with Gasteiger partial charge in [0, 0.05) is 37.7 Å². The minimum Gasteiger partial charge on any atom is -0.459 e. The lowest BCUT2D eigenvalue weighted by Gasteiger charge is -2.59. The van der Waals surface area contributed by atoms with E-state index in [1.54, 1.807) is 11.0 Å². The van der Waals surface area contributed by atoms with Gasteiger partial charge in [-0.15, -0.1) is 6.58 Å². The molecule has 2 N–H and O–H groups in total. The summed E-state index contributed by atoms with van der Waals surface area (Å²) >= 11 is 0. The highest BCUT2D eigenvalue weighted by molar-refractivity contribution is 6.03. The van der Waals surface area contributed by atoms with E-state index in [-0.39, 0.29) is 44.2 Å². The molecule has 1 fully saturated rings. The second-order valence-electron chi connectivity index (χ2n) is 16.0. The number of oxime groups is 1. The lowest BCUT2D eigenvalue weighted by atomic mass is 9.55. The molecule has 0 spiro atoms. The number of aliphatic hydroxyl groups excluding tert-OH is 2. The van der Waals surface area contributed by atoms with Crippen molar-refractivity contribution in [1.82, 2.24) is 4.90 Å². The Morgan fingerprint density at radius 2 is 1.65 bits per heavy atom. The lowest BCUT2D eigenvalue weighted by Crippen LogP contribution is -2.70. The first-order valence-corrected chi connectivity index (χ1v) is 21.8. The van der Waals surface area contributed by atoms with Crippen LogP contribution in [0, 0.1) is 17.8 Å². The van der Waals surface area contributed by atoms with Gasteiger partial charge in [-0.3, -0.25) is 4.90 Å². The third kappa shape index (κ3) is 9.26. The molecule has 0 unspecified atom stereocenters. The van der Waals surface area contributed by atoms with Crippen molar-refractivity contribution in [2.24, 2.45) is 22.9 Å². The average Bonchev–Trinajstić information content (AvgIpc) is 3.27. The van der Waals surface area contributed by atoms with E-state index in [2.05, 4.69) is 43.0 Å². The fraction of sp³-hybridized carbons (Fsp3) is 0.440. The Morgan fingerprint density at radius 3 is 2.40 bits per heavy atom. The van der Waals surface area contributed by atoms with Crippen LogP contribution in [-0.4, -0.2) is 71.7 Å². The molecule has 6 atom stereocenters. The van der Waals surface area contributed by atoms with Crippen LogP contribution in [0.1, 0.15) is 82.3 Å². The number of fused-ring (bicyclic) bond motifs is 3. The molecule has 10 heteroatoms. The smallest absolute Gasteiger partial charge is 0.410 e. The van der Waals surface area contributed by atoms with Gasteiger partial charge in [-0.25, -0.2) is 4.79 Å². The lowest BCUT2D eigenvalue weighted by molar-refractivity contribution is -0.255. The van der Waals surface area contributed by atoms with Crippen molar-refractivity contribution >= 4 is 22.6 Å². The Bertz CT molecular complexity index is 2120. The summed E-state index contributed by atoms with van der Waals surface area (Å²) in [5, 5.41) is 26.9. The Hall–Kier alpha value is -5.16. The second kappa shape index (κ2) is 20.4. The highest BCUT2D eigenvalue weighted by Gasteiger charge is 2.65. The van der Waals surface area contributed by atoms with E-state index in [0.717, 1.165) is 64.6 Å². The van der Waals surface area contributed by atoms with Crippen LogP contribution in [0.2, 0.25) is 0 Å². The molecule has 7 rings (SSSR count). The van der Waals surface area contributed by atoms with Gasteiger partial charge >= 0.3 is 6.09 Å². The van der Waals surface area contributed by atoms with Crippen LogP contribution in [0.4, 0.5) is 4.79 Å². The molecule has 0 radical (unpaired) electrons. The maximum Gasteiger partial charge on any atom is 0.410 e. The topological polar surface area (TPSA) is 119 Å². The Kier molecular flexibility index (Phi) is 14.6. The van der Waals surface area contributed by atoms with Gasteiger partial charge in [-0.1, -0.05) is 97.7 Å². The number of carbonyl (C=O) groups excluding carboxylic acids is 1. The molecule has 0 aromatic heterocycles. The molecule has 4 aromatic rings. The summed E-state index contributed by atoms with van der Waals surface area (Å²) in [4.78, 5) is 22.1. The zero-order valence-electron chi connectivity index (χ0n) is 35.0. The first kappa shape index (κ1) is 42.9. The summed E-state index contributed by atoms with van der Waals surface area (Å²) in [6.45, 7) is 9.31. The molecule has 0 bridgehead atoms. The first-order valence-electron chi connectivity index (χ1n) is 21.8. The van der Waals surface area contributed by atoms with E-state index in [1.165, 1.54) is 0 Å². The van der Waals surface area contributed by atoms with Gasteiger partial charge in [0.1, 0.15) is 36.5 Å². The number of ether oxygens (including phenoxy) is 4. The van der Waals surface area contributed by atoms with Gasteiger partial charge in [0.05, 0.1) is 18.2 Å². The molecule has 318 valence electrons. The van der Waals surface area contributed by atoms with Crippen molar-refractivity contribution in [2.75, 3.05) is 33.0 Å². The molecule has 0 saturated heterocycles. The zero-order valence-corrected chi connectivity index (χ0v) is 35.0. The van der Waals surface area contributed by atoms with E-state index in [4.69, 9.17) is 28.9 Å². The highest BCUT2D eigenvalue weighted by atomic mass is 16.7. The molecule has 1 aliphatic heterocycles. The summed E-state index contributed by atoms with van der Waals surface area (Å²) < 4.78 is 27.1. The monoisotopic (exact) mass is 816 g/mol. The van der Waals surface area contributed by atoms with E-state index < -0.39 is 23.8 Å². The summed E-state index contributed by atoms with van der Waals surface area (Å²) in [5.74, 6) is 0.322. The SMILES string of the molecule is C=CCO[C@@]12Oc3ccc(Oc4ccc5ccccc5c4)cc3[C@H]3[C@H](CCCCO)[C@@H](CCCCO)C=C(C(=NOCC)C[C@@H]1N(CCC)C(=O)OCc1ccccc1)[C@H]32. The van der Waals surface area contributed by atoms with Crippen LogP contribution >= 0.6 is 0 Å². The highest BCUT2D eigenvalue weighted by Crippen LogP contribution is 2.62. The van der Waals surface area contributed by atoms with Crippen molar-refractivity contribution in [1.29, 1.82) is 0 Å². The van der Waals surface area contributed by atoms with Crippen molar-refractivity contribution in [3.63, 3.8) is 0 Å². The quantitative estimate of drug-likeness (QED) is 0.0514. The van der Waals surface area contributed by atoms with Gasteiger partial charge in [0.25, 0.3) is 0 Å². The van der Waals surface area contributed by atoms with Gasteiger partial charge < -0.3 is 34.0 Å². The summed E-state index contributed by atoms with van der Waals surface area (Å²) in [6.07, 6.45) is 9.35. The minimum atomic E-state index is -1.37. The van der Waals surface area contributed by atoms with Gasteiger partial charge in [0.2, 0.25) is 5.79 Å². The van der Waals surface area contributed by atoms with Crippen LogP contribution in [0.25, 0.3) is 10.8 Å². The van der Waals surface area contributed by atoms with Crippen LogP contribution in [0.5, 0.6) is 17.2 Å². The number of unbranched alkanes of at least 4 members (excludes halogenated alkanes) is 2. The fourth-order valence-electron chi connectivity index (χ4n) is 9.64. The second-order valence-corrected chi connectivity index (χ2v) is 16.0. The first-order chi connectivity index (χ1) is 29.4. The van der Waals surface area contributed by atoms with Crippen molar-refractivity contribution in [2.45, 2.75) is 89.6 Å². The van der Waals surface area contributed by atoms with Crippen LogP contribution in [0.15, 0.2) is 120 Å². The third-order valence-electron chi connectivity index (χ3n) is 12.2. The molecule has 10 nitrogen and oxygen atoms in total. The van der Waals surface area contributed by atoms with Crippen LogP contribution in [0.3, 0.4) is 0 Å². The predicted molar refractivity (Wildman–Crippen MR) is 234 cm³/mol. The number of allylic oxidation sites excluding steroid dienone is 1. The summed E-state index contributed by atoms with van der Waals surface area (Å²) in [6, 6.07) is 29.4.